The first-order valence-electron chi connectivity index (χ1n) is 5.09. The van der Waals surface area contributed by atoms with Gasteiger partial charge in [-0.25, -0.2) is 10.2 Å². The summed E-state index contributed by atoms with van der Waals surface area (Å²) in [6.45, 7) is 8.22. The molecular weight excluding hydrogens is 202 g/mol. The molecule has 0 heterocycles. The van der Waals surface area contributed by atoms with Gasteiger partial charge in [-0.15, -0.1) is 0 Å². The van der Waals surface area contributed by atoms with Crippen LogP contribution in [0, 0.1) is 27.7 Å². The van der Waals surface area contributed by atoms with Gasteiger partial charge in [-0.05, 0) is 49.9 Å². The largest absolute Gasteiger partial charge is 0.350 e. The number of nitrogens with one attached hydrogen (secondary N) is 1. The molecule has 2 amide bonds. The molecular formula is C12H17N3O. The van der Waals surface area contributed by atoms with Crippen molar-refractivity contribution in [2.75, 3.05) is 0 Å². The Morgan fingerprint density at radius 1 is 1.25 bits per heavy atom. The number of nitrogens with zero attached hydrogens (tertiary/aromatic N) is 1. The van der Waals surface area contributed by atoms with Crippen molar-refractivity contribution in [3.05, 3.63) is 33.9 Å². The number of carbonyl (C=O) groups excluding carboxylic acids is 1. The van der Waals surface area contributed by atoms with Crippen LogP contribution < -0.4 is 11.2 Å². The van der Waals surface area contributed by atoms with Crippen molar-refractivity contribution < 1.29 is 4.79 Å². The lowest BCUT2D eigenvalue weighted by atomic mass is 9.95. The van der Waals surface area contributed by atoms with E-state index in [0.29, 0.717) is 0 Å². The number of nitrogens with two attached hydrogens (primary N) is 1. The Balaban J connectivity index is 3.09. The fourth-order valence-corrected chi connectivity index (χ4v) is 1.66. The summed E-state index contributed by atoms with van der Waals surface area (Å²) >= 11 is 0. The molecule has 0 spiro atoms. The molecule has 3 N–H and O–H groups in total. The van der Waals surface area contributed by atoms with Crippen LogP contribution >= 0.6 is 0 Å². The molecule has 0 saturated heterocycles. The van der Waals surface area contributed by atoms with E-state index in [1.807, 2.05) is 13.8 Å². The highest BCUT2D eigenvalue weighted by Gasteiger charge is 2.05. The number of hydrazone groups is 1. The molecule has 0 aromatic heterocycles. The number of primary amides is 1. The average molecular weight is 219 g/mol. The highest BCUT2D eigenvalue weighted by Crippen LogP contribution is 2.19. The van der Waals surface area contributed by atoms with Gasteiger partial charge in [0.25, 0.3) is 0 Å². The summed E-state index contributed by atoms with van der Waals surface area (Å²) in [4.78, 5) is 10.5. The summed E-state index contributed by atoms with van der Waals surface area (Å²) in [7, 11) is 0. The number of hydrogen-bond donors (Lipinski definition) is 2. The molecule has 1 rings (SSSR count). The number of rotatable bonds is 2. The third-order valence-electron chi connectivity index (χ3n) is 2.78. The Labute approximate surface area is 95.5 Å². The molecule has 0 saturated carbocycles. The molecule has 0 radical (unpaired) electrons. The molecule has 0 aliphatic heterocycles. The van der Waals surface area contributed by atoms with Crippen LogP contribution in [0.1, 0.15) is 27.8 Å². The first-order valence-corrected chi connectivity index (χ1v) is 5.09. The second kappa shape index (κ2) is 4.79. The molecule has 1 aromatic carbocycles. The summed E-state index contributed by atoms with van der Waals surface area (Å²) in [6, 6.07) is 1.45. The number of benzene rings is 1. The average Bonchev–Trinajstić information content (AvgIpc) is 2.19. The van der Waals surface area contributed by atoms with Crippen LogP contribution in [0.2, 0.25) is 0 Å². The van der Waals surface area contributed by atoms with Crippen LogP contribution in [-0.2, 0) is 0 Å². The monoisotopic (exact) mass is 219 g/mol. The maximum absolute atomic E-state index is 10.5. The van der Waals surface area contributed by atoms with Gasteiger partial charge in [0.1, 0.15) is 0 Å². The smallest absolute Gasteiger partial charge is 0.332 e. The first-order chi connectivity index (χ1) is 7.43. The normalized spacial score (nSPS) is 10.8. The SMILES string of the molecule is Cc1cc(C)c(C=NNC(N)=O)c(C)c1C. The van der Waals surface area contributed by atoms with Crippen molar-refractivity contribution in [3.63, 3.8) is 0 Å². The zero-order valence-corrected chi connectivity index (χ0v) is 10.1. The second-order valence-electron chi connectivity index (χ2n) is 3.91. The van der Waals surface area contributed by atoms with Gasteiger partial charge < -0.3 is 5.73 Å². The van der Waals surface area contributed by atoms with Gasteiger partial charge >= 0.3 is 6.03 Å². The predicted molar refractivity (Wildman–Crippen MR) is 65.7 cm³/mol. The van der Waals surface area contributed by atoms with Gasteiger partial charge in [-0.2, -0.15) is 5.10 Å². The second-order valence-corrected chi connectivity index (χ2v) is 3.91. The lowest BCUT2D eigenvalue weighted by Crippen LogP contribution is -2.24. The highest BCUT2D eigenvalue weighted by atomic mass is 16.2. The molecule has 0 unspecified atom stereocenters. The minimum Gasteiger partial charge on any atom is -0.350 e. The lowest BCUT2D eigenvalue weighted by molar-refractivity contribution is 0.249. The van der Waals surface area contributed by atoms with Gasteiger partial charge in [0.15, 0.2) is 0 Å². The number of amides is 2. The molecule has 0 aliphatic rings. The van der Waals surface area contributed by atoms with Gasteiger partial charge in [0.2, 0.25) is 0 Å². The fraction of sp³-hybridized carbons (Fsp3) is 0.333. The zero-order valence-electron chi connectivity index (χ0n) is 10.1. The third kappa shape index (κ3) is 2.59. The van der Waals surface area contributed by atoms with Crippen molar-refractivity contribution in [2.45, 2.75) is 27.7 Å². The Morgan fingerprint density at radius 3 is 2.44 bits per heavy atom. The minimum absolute atomic E-state index is 0.657. The van der Waals surface area contributed by atoms with Gasteiger partial charge in [-0.3, -0.25) is 0 Å². The first kappa shape index (κ1) is 12.2. The quantitative estimate of drug-likeness (QED) is 0.579. The van der Waals surface area contributed by atoms with E-state index in [1.54, 1.807) is 6.21 Å². The van der Waals surface area contributed by atoms with E-state index in [1.165, 1.54) is 16.7 Å². The molecule has 16 heavy (non-hydrogen) atoms. The lowest BCUT2D eigenvalue weighted by Gasteiger charge is -2.11. The van der Waals surface area contributed by atoms with Crippen LogP contribution in [-0.4, -0.2) is 12.2 Å². The van der Waals surface area contributed by atoms with Crippen molar-refractivity contribution in [1.82, 2.24) is 5.43 Å². The maximum Gasteiger partial charge on any atom is 0.332 e. The molecule has 0 atom stereocenters. The number of urea groups is 1. The van der Waals surface area contributed by atoms with E-state index in [4.69, 9.17) is 5.73 Å². The molecule has 0 fully saturated rings. The minimum atomic E-state index is -0.657. The van der Waals surface area contributed by atoms with E-state index >= 15 is 0 Å². The summed E-state index contributed by atoms with van der Waals surface area (Å²) in [5, 5.41) is 3.78. The van der Waals surface area contributed by atoms with Crippen LogP contribution in [0.5, 0.6) is 0 Å². The molecule has 86 valence electrons. The number of carbonyl (C=O) groups is 1. The van der Waals surface area contributed by atoms with Crippen molar-refractivity contribution in [3.8, 4) is 0 Å². The van der Waals surface area contributed by atoms with Crippen molar-refractivity contribution in [2.24, 2.45) is 10.8 Å². The predicted octanol–water partition coefficient (Wildman–Crippen LogP) is 1.92. The van der Waals surface area contributed by atoms with Crippen LogP contribution in [0.3, 0.4) is 0 Å². The van der Waals surface area contributed by atoms with Crippen molar-refractivity contribution >= 4 is 12.2 Å². The number of hydrogen-bond acceptors (Lipinski definition) is 2. The van der Waals surface area contributed by atoms with Crippen LogP contribution in [0.4, 0.5) is 4.79 Å². The van der Waals surface area contributed by atoms with E-state index in [2.05, 4.69) is 30.4 Å². The Hall–Kier alpha value is -1.84. The standard InChI is InChI=1S/C12H17N3O/c1-7-5-8(2)11(10(4)9(7)3)6-14-15-12(13)16/h5-6H,1-4H3,(H3,13,15,16). The summed E-state index contributed by atoms with van der Waals surface area (Å²) in [5.74, 6) is 0. The highest BCUT2D eigenvalue weighted by molar-refractivity contribution is 5.85. The Bertz CT molecular complexity index is 450. The van der Waals surface area contributed by atoms with E-state index in [-0.39, 0.29) is 0 Å². The van der Waals surface area contributed by atoms with E-state index in [9.17, 15) is 4.79 Å². The van der Waals surface area contributed by atoms with E-state index in [0.717, 1.165) is 11.1 Å². The molecule has 4 heteroatoms. The maximum atomic E-state index is 10.5. The zero-order chi connectivity index (χ0) is 12.3. The third-order valence-corrected chi connectivity index (χ3v) is 2.78. The Kier molecular flexibility index (Phi) is 3.66. The summed E-state index contributed by atoms with van der Waals surface area (Å²) < 4.78 is 0. The van der Waals surface area contributed by atoms with Gasteiger partial charge in [-0.1, -0.05) is 6.07 Å². The molecule has 1 aromatic rings. The van der Waals surface area contributed by atoms with Crippen LogP contribution in [0.25, 0.3) is 0 Å². The Morgan fingerprint density at radius 2 is 1.88 bits per heavy atom. The number of aryl methyl sites for hydroxylation is 2. The van der Waals surface area contributed by atoms with Crippen molar-refractivity contribution in [1.29, 1.82) is 0 Å². The van der Waals surface area contributed by atoms with Gasteiger partial charge in [0.05, 0.1) is 6.21 Å². The summed E-state index contributed by atoms with van der Waals surface area (Å²) in [5.41, 5.74) is 12.9. The fourth-order valence-electron chi connectivity index (χ4n) is 1.66. The molecule has 4 nitrogen and oxygen atoms in total. The van der Waals surface area contributed by atoms with Crippen LogP contribution in [0.15, 0.2) is 11.2 Å². The molecule has 0 bridgehead atoms. The van der Waals surface area contributed by atoms with Gasteiger partial charge in [0, 0.05) is 5.56 Å². The topological polar surface area (TPSA) is 67.5 Å². The van der Waals surface area contributed by atoms with E-state index < -0.39 is 6.03 Å². The summed E-state index contributed by atoms with van der Waals surface area (Å²) in [6.07, 6.45) is 1.63. The molecule has 0 aliphatic carbocycles.